The van der Waals surface area contributed by atoms with E-state index in [1.165, 1.54) is 22.2 Å². The van der Waals surface area contributed by atoms with Gasteiger partial charge in [-0.05, 0) is 60.3 Å². The molecule has 1 amide bonds. The maximum absolute atomic E-state index is 13.0. The van der Waals surface area contributed by atoms with Crippen molar-refractivity contribution < 1.29 is 4.79 Å². The first-order valence-corrected chi connectivity index (χ1v) is 11.6. The molecule has 0 saturated heterocycles. The second kappa shape index (κ2) is 8.41. The second-order valence-electron chi connectivity index (χ2n) is 8.69. The number of nitrogens with zero attached hydrogens (tertiary/aromatic N) is 3. The van der Waals surface area contributed by atoms with Gasteiger partial charge in [-0.3, -0.25) is 9.69 Å². The van der Waals surface area contributed by atoms with E-state index in [4.69, 9.17) is 11.5 Å². The topological polar surface area (TPSA) is 102 Å². The third-order valence-corrected chi connectivity index (χ3v) is 6.76. The molecule has 0 bridgehead atoms. The minimum absolute atomic E-state index is 0.0769. The fraction of sp³-hybridized carbons (Fsp3) is 0.308. The van der Waals surface area contributed by atoms with Crippen molar-refractivity contribution in [1.29, 1.82) is 0 Å². The monoisotopic (exact) mass is 442 g/mol. The van der Waals surface area contributed by atoms with E-state index >= 15 is 0 Å². The number of fused-ring (bicyclic) bond motifs is 4. The number of likely N-dealkylation sites (N-methyl/N-ethyl adjacent to an activating group) is 1. The highest BCUT2D eigenvalue weighted by Gasteiger charge is 2.23. The summed E-state index contributed by atoms with van der Waals surface area (Å²) >= 11 is 0. The predicted octanol–water partition coefficient (Wildman–Crippen LogP) is 3.68. The molecule has 5 rings (SSSR count). The van der Waals surface area contributed by atoms with Gasteiger partial charge in [0.25, 0.3) is 5.91 Å². The zero-order chi connectivity index (χ0) is 23.1. The predicted molar refractivity (Wildman–Crippen MR) is 134 cm³/mol. The third-order valence-electron chi connectivity index (χ3n) is 6.76. The molecule has 1 aliphatic rings. The van der Waals surface area contributed by atoms with Crippen molar-refractivity contribution in [3.05, 3.63) is 64.8 Å². The number of aromatic nitrogens is 2. The molecule has 0 radical (unpaired) electrons. The summed E-state index contributed by atoms with van der Waals surface area (Å²) in [6.07, 6.45) is 1.06. The van der Waals surface area contributed by atoms with E-state index in [2.05, 4.69) is 45.7 Å². The van der Waals surface area contributed by atoms with Gasteiger partial charge in [0.15, 0.2) is 0 Å². The number of amides is 1. The largest absolute Gasteiger partial charge is 0.384 e. The fourth-order valence-corrected chi connectivity index (χ4v) is 5.03. The van der Waals surface area contributed by atoms with Crippen molar-refractivity contribution in [2.75, 3.05) is 24.6 Å². The van der Waals surface area contributed by atoms with Crippen molar-refractivity contribution in [3.63, 3.8) is 0 Å². The highest BCUT2D eigenvalue weighted by Crippen LogP contribution is 2.32. The van der Waals surface area contributed by atoms with E-state index in [1.807, 2.05) is 24.3 Å². The van der Waals surface area contributed by atoms with Crippen molar-refractivity contribution in [3.8, 4) is 0 Å². The van der Waals surface area contributed by atoms with Crippen LogP contribution in [0.3, 0.4) is 0 Å². The molecule has 0 fully saturated rings. The molecule has 0 spiro atoms. The van der Waals surface area contributed by atoms with E-state index in [0.717, 1.165) is 48.9 Å². The Morgan fingerprint density at radius 1 is 1.06 bits per heavy atom. The van der Waals surface area contributed by atoms with Crippen LogP contribution in [-0.4, -0.2) is 33.4 Å². The summed E-state index contributed by atoms with van der Waals surface area (Å²) in [5.41, 5.74) is 17.5. The summed E-state index contributed by atoms with van der Waals surface area (Å²) in [6, 6.07) is 13.7. The first-order valence-electron chi connectivity index (χ1n) is 11.6. The lowest BCUT2D eigenvalue weighted by atomic mass is 10.0. The zero-order valence-corrected chi connectivity index (χ0v) is 19.2. The van der Waals surface area contributed by atoms with Crippen molar-refractivity contribution >= 4 is 39.2 Å². The van der Waals surface area contributed by atoms with E-state index < -0.39 is 0 Å². The van der Waals surface area contributed by atoms with Crippen LogP contribution in [-0.2, 0) is 26.1 Å². The summed E-state index contributed by atoms with van der Waals surface area (Å²) in [5, 5.41) is 6.03. The van der Waals surface area contributed by atoms with E-state index in [1.54, 1.807) is 6.07 Å². The lowest BCUT2D eigenvalue weighted by Gasteiger charge is -2.26. The Labute approximate surface area is 193 Å². The molecule has 0 unspecified atom stereocenters. The van der Waals surface area contributed by atoms with Gasteiger partial charge < -0.3 is 21.4 Å². The van der Waals surface area contributed by atoms with Crippen molar-refractivity contribution in [1.82, 2.24) is 19.8 Å². The molecule has 4 aromatic rings. The SMILES string of the molecule is CCN1CCc2c(c3cc(C(=O)NCc4ccc5c(N)nc(N)cc5c4)ccc3n2CC)C1. The Kier molecular flexibility index (Phi) is 5.42. The number of nitrogens with two attached hydrogens (primary N) is 2. The molecule has 7 nitrogen and oxygen atoms in total. The van der Waals surface area contributed by atoms with E-state index in [-0.39, 0.29) is 5.91 Å². The zero-order valence-electron chi connectivity index (χ0n) is 19.2. The Hall–Kier alpha value is -3.58. The number of carbonyl (C=O) groups excluding carboxylic acids is 1. The van der Waals surface area contributed by atoms with Crippen LogP contribution in [0.1, 0.15) is 41.0 Å². The Balaban J connectivity index is 1.40. The van der Waals surface area contributed by atoms with Crippen LogP contribution in [0.4, 0.5) is 11.6 Å². The first kappa shape index (κ1) is 21.3. The summed E-state index contributed by atoms with van der Waals surface area (Å²) < 4.78 is 2.40. The lowest BCUT2D eigenvalue weighted by Crippen LogP contribution is -2.30. The number of nitrogen functional groups attached to an aromatic ring is 2. The van der Waals surface area contributed by atoms with Gasteiger partial charge in [-0.15, -0.1) is 0 Å². The standard InChI is InChI=1S/C26H30N6O/c1-3-31-10-9-23-21(15-31)20-12-17(6-8-22(20)32(23)4-2)26(33)29-14-16-5-7-19-18(11-16)13-24(27)30-25(19)28/h5-8,11-13H,3-4,9-10,14-15H2,1-2H3,(H,29,33)(H4,27,28,30). The van der Waals surface area contributed by atoms with Crippen LogP contribution in [0.15, 0.2) is 42.5 Å². The average molecular weight is 443 g/mol. The van der Waals surface area contributed by atoms with Crippen LogP contribution in [0, 0.1) is 0 Å². The van der Waals surface area contributed by atoms with Gasteiger partial charge in [0.2, 0.25) is 0 Å². The lowest BCUT2D eigenvalue weighted by molar-refractivity contribution is 0.0951. The van der Waals surface area contributed by atoms with Gasteiger partial charge in [0.1, 0.15) is 11.6 Å². The second-order valence-corrected chi connectivity index (χ2v) is 8.69. The minimum Gasteiger partial charge on any atom is -0.384 e. The highest BCUT2D eigenvalue weighted by molar-refractivity contribution is 5.99. The van der Waals surface area contributed by atoms with Crippen molar-refractivity contribution in [2.45, 2.75) is 39.9 Å². The molecule has 170 valence electrons. The first-order chi connectivity index (χ1) is 16.0. The summed E-state index contributed by atoms with van der Waals surface area (Å²) in [6.45, 7) is 8.83. The number of nitrogens with one attached hydrogen (secondary N) is 1. The molecule has 0 saturated carbocycles. The molecule has 2 aromatic carbocycles. The van der Waals surface area contributed by atoms with E-state index in [9.17, 15) is 4.79 Å². The van der Waals surface area contributed by atoms with Crippen LogP contribution < -0.4 is 16.8 Å². The Morgan fingerprint density at radius 3 is 2.70 bits per heavy atom. The number of hydrogen-bond acceptors (Lipinski definition) is 5. The van der Waals surface area contributed by atoms with Gasteiger partial charge in [0.05, 0.1) is 0 Å². The van der Waals surface area contributed by atoms with Crippen LogP contribution in [0.2, 0.25) is 0 Å². The average Bonchev–Trinajstić information content (AvgIpc) is 3.14. The number of pyridine rings is 1. The molecule has 5 N–H and O–H groups in total. The van der Waals surface area contributed by atoms with Crippen LogP contribution >= 0.6 is 0 Å². The molecule has 1 aliphatic heterocycles. The molecule has 2 aromatic heterocycles. The fourth-order valence-electron chi connectivity index (χ4n) is 5.03. The third kappa shape index (κ3) is 3.78. The minimum atomic E-state index is -0.0769. The summed E-state index contributed by atoms with van der Waals surface area (Å²) in [5.74, 6) is 0.725. The maximum atomic E-state index is 13.0. The number of aryl methyl sites for hydroxylation is 1. The smallest absolute Gasteiger partial charge is 0.251 e. The highest BCUT2D eigenvalue weighted by atomic mass is 16.1. The van der Waals surface area contributed by atoms with Crippen LogP contribution in [0.5, 0.6) is 0 Å². The molecule has 0 aliphatic carbocycles. The number of carbonyl (C=O) groups is 1. The molecule has 7 heteroatoms. The summed E-state index contributed by atoms with van der Waals surface area (Å²) in [7, 11) is 0. The van der Waals surface area contributed by atoms with Gasteiger partial charge in [-0.1, -0.05) is 19.1 Å². The number of anilines is 2. The van der Waals surface area contributed by atoms with Gasteiger partial charge >= 0.3 is 0 Å². The number of benzene rings is 2. The van der Waals surface area contributed by atoms with Crippen LogP contribution in [0.25, 0.3) is 21.7 Å². The maximum Gasteiger partial charge on any atom is 0.251 e. The normalized spacial score (nSPS) is 14.0. The van der Waals surface area contributed by atoms with Gasteiger partial charge in [-0.2, -0.15) is 0 Å². The molecule has 33 heavy (non-hydrogen) atoms. The molecular formula is C26H30N6O. The quantitative estimate of drug-likeness (QED) is 0.438. The van der Waals surface area contributed by atoms with Crippen molar-refractivity contribution in [2.24, 2.45) is 0 Å². The van der Waals surface area contributed by atoms with E-state index in [0.29, 0.717) is 23.7 Å². The molecular weight excluding hydrogens is 412 g/mol. The van der Waals surface area contributed by atoms with Gasteiger partial charge in [0, 0.05) is 60.1 Å². The van der Waals surface area contributed by atoms with Gasteiger partial charge in [-0.25, -0.2) is 4.98 Å². The molecule has 3 heterocycles. The molecule has 0 atom stereocenters. The summed E-state index contributed by atoms with van der Waals surface area (Å²) in [4.78, 5) is 19.6. The Bertz CT molecular complexity index is 1370. The number of hydrogen-bond donors (Lipinski definition) is 3. The number of rotatable bonds is 5. The Morgan fingerprint density at radius 2 is 1.91 bits per heavy atom.